The lowest BCUT2D eigenvalue weighted by Crippen LogP contribution is -2.22. The summed E-state index contributed by atoms with van der Waals surface area (Å²) in [5, 5.41) is 9.06. The first kappa shape index (κ1) is 18.4. The van der Waals surface area contributed by atoms with Crippen molar-refractivity contribution in [3.63, 3.8) is 0 Å². The topological polar surface area (TPSA) is 20.2 Å². The summed E-state index contributed by atoms with van der Waals surface area (Å²) in [6.45, 7) is 18.1. The Hall–Kier alpha value is -0.560. The van der Waals surface area contributed by atoms with Crippen molar-refractivity contribution in [3.8, 4) is 0 Å². The van der Waals surface area contributed by atoms with Crippen LogP contribution in [-0.4, -0.2) is 11.7 Å². The van der Waals surface area contributed by atoms with Gasteiger partial charge in [0.15, 0.2) is 0 Å². The zero-order chi connectivity index (χ0) is 15.1. The van der Waals surface area contributed by atoms with Gasteiger partial charge in [0.05, 0.1) is 0 Å². The summed E-state index contributed by atoms with van der Waals surface area (Å²) < 4.78 is 0. The van der Waals surface area contributed by atoms with Gasteiger partial charge in [-0.3, -0.25) is 0 Å². The van der Waals surface area contributed by atoms with Crippen molar-refractivity contribution >= 4 is 0 Å². The third kappa shape index (κ3) is 5.95. The third-order valence-electron chi connectivity index (χ3n) is 4.87. The van der Waals surface area contributed by atoms with E-state index in [0.717, 1.165) is 25.7 Å². The molecule has 1 nitrogen and oxygen atoms in total. The number of aliphatic hydroxyl groups is 1. The van der Waals surface area contributed by atoms with Crippen LogP contribution in [0.4, 0.5) is 0 Å². The maximum atomic E-state index is 9.06. The molecule has 0 bridgehead atoms. The molecule has 0 saturated carbocycles. The number of hydrogen-bond acceptors (Lipinski definition) is 1. The van der Waals surface area contributed by atoms with Crippen molar-refractivity contribution in [3.05, 3.63) is 24.3 Å². The molecule has 0 fully saturated rings. The SMILES string of the molecule is C=C(/C=C/C(CCCO)C(C)(C)CC)C(C)(C)CC. The minimum Gasteiger partial charge on any atom is -0.396 e. The van der Waals surface area contributed by atoms with Crippen LogP contribution in [0.2, 0.25) is 0 Å². The molecule has 1 N–H and O–H groups in total. The number of allylic oxidation sites excluding steroid dienone is 3. The Bertz CT molecular complexity index is 297. The van der Waals surface area contributed by atoms with Gasteiger partial charge >= 0.3 is 0 Å². The van der Waals surface area contributed by atoms with Gasteiger partial charge in [-0.2, -0.15) is 0 Å². The average molecular weight is 266 g/mol. The van der Waals surface area contributed by atoms with Crippen molar-refractivity contribution in [2.75, 3.05) is 6.61 Å². The van der Waals surface area contributed by atoms with Crippen LogP contribution in [0.3, 0.4) is 0 Å². The zero-order valence-electron chi connectivity index (χ0n) is 13.9. The quantitative estimate of drug-likeness (QED) is 0.557. The van der Waals surface area contributed by atoms with Gasteiger partial charge in [-0.1, -0.05) is 66.7 Å². The number of aliphatic hydroxyl groups excluding tert-OH is 1. The van der Waals surface area contributed by atoms with Gasteiger partial charge in [0.2, 0.25) is 0 Å². The van der Waals surface area contributed by atoms with E-state index in [1.807, 2.05) is 0 Å². The van der Waals surface area contributed by atoms with E-state index in [2.05, 4.69) is 60.3 Å². The highest BCUT2D eigenvalue weighted by Gasteiger charge is 2.25. The first-order chi connectivity index (χ1) is 8.71. The Morgan fingerprint density at radius 1 is 1.16 bits per heavy atom. The standard InChI is InChI=1S/C18H34O/c1-8-17(4,5)15(3)12-13-16(11-10-14-19)18(6,7)9-2/h12-13,16,19H,3,8-11,14H2,1-2,4-7H3/b13-12+. The summed E-state index contributed by atoms with van der Waals surface area (Å²) in [6.07, 6.45) is 8.71. The van der Waals surface area contributed by atoms with Crippen LogP contribution >= 0.6 is 0 Å². The van der Waals surface area contributed by atoms with E-state index in [-0.39, 0.29) is 17.4 Å². The van der Waals surface area contributed by atoms with E-state index in [1.165, 1.54) is 5.57 Å². The van der Waals surface area contributed by atoms with E-state index in [9.17, 15) is 0 Å². The summed E-state index contributed by atoms with van der Waals surface area (Å²) >= 11 is 0. The maximum absolute atomic E-state index is 9.06. The fourth-order valence-electron chi connectivity index (χ4n) is 2.01. The highest BCUT2D eigenvalue weighted by Crippen LogP contribution is 2.36. The summed E-state index contributed by atoms with van der Waals surface area (Å²) in [5.74, 6) is 0.508. The summed E-state index contributed by atoms with van der Waals surface area (Å²) in [6, 6.07) is 0. The first-order valence-electron chi connectivity index (χ1n) is 7.69. The van der Waals surface area contributed by atoms with Crippen LogP contribution in [-0.2, 0) is 0 Å². The van der Waals surface area contributed by atoms with Crippen molar-refractivity contribution in [1.82, 2.24) is 0 Å². The molecule has 19 heavy (non-hydrogen) atoms. The lowest BCUT2D eigenvalue weighted by molar-refractivity contribution is 0.209. The molecule has 0 saturated heterocycles. The van der Waals surface area contributed by atoms with Gasteiger partial charge in [0.25, 0.3) is 0 Å². The van der Waals surface area contributed by atoms with Crippen LogP contribution in [0.1, 0.15) is 67.2 Å². The van der Waals surface area contributed by atoms with E-state index in [4.69, 9.17) is 5.11 Å². The van der Waals surface area contributed by atoms with E-state index in [0.29, 0.717) is 5.92 Å². The molecule has 0 aliphatic rings. The predicted molar refractivity (Wildman–Crippen MR) is 86.2 cm³/mol. The van der Waals surface area contributed by atoms with E-state index >= 15 is 0 Å². The molecule has 0 aromatic heterocycles. The highest BCUT2D eigenvalue weighted by molar-refractivity contribution is 5.22. The van der Waals surface area contributed by atoms with Crippen molar-refractivity contribution in [1.29, 1.82) is 0 Å². The van der Waals surface area contributed by atoms with Crippen molar-refractivity contribution < 1.29 is 5.11 Å². The Balaban J connectivity index is 4.87. The monoisotopic (exact) mass is 266 g/mol. The van der Waals surface area contributed by atoms with Crippen LogP contribution < -0.4 is 0 Å². The molecule has 0 spiro atoms. The van der Waals surface area contributed by atoms with Gasteiger partial charge < -0.3 is 5.11 Å². The Morgan fingerprint density at radius 2 is 1.74 bits per heavy atom. The lowest BCUT2D eigenvalue weighted by Gasteiger charge is -2.32. The Labute approximate surface area is 120 Å². The molecule has 1 heteroatoms. The summed E-state index contributed by atoms with van der Waals surface area (Å²) in [4.78, 5) is 0. The predicted octanol–water partition coefficient (Wildman–Crippen LogP) is 5.36. The second kappa shape index (κ2) is 7.89. The fraction of sp³-hybridized carbons (Fsp3) is 0.778. The molecule has 0 rings (SSSR count). The van der Waals surface area contributed by atoms with Crippen LogP contribution in [0, 0.1) is 16.7 Å². The summed E-state index contributed by atoms with van der Waals surface area (Å²) in [5.41, 5.74) is 1.66. The minimum absolute atomic E-state index is 0.175. The summed E-state index contributed by atoms with van der Waals surface area (Å²) in [7, 11) is 0. The molecule has 112 valence electrons. The van der Waals surface area contributed by atoms with E-state index < -0.39 is 0 Å². The second-order valence-corrected chi connectivity index (χ2v) is 6.94. The van der Waals surface area contributed by atoms with Crippen molar-refractivity contribution in [2.24, 2.45) is 16.7 Å². The van der Waals surface area contributed by atoms with Crippen LogP contribution in [0.5, 0.6) is 0 Å². The normalized spacial score (nSPS) is 14.9. The minimum atomic E-state index is 0.175. The van der Waals surface area contributed by atoms with Crippen LogP contribution in [0.25, 0.3) is 0 Å². The van der Waals surface area contributed by atoms with Gasteiger partial charge in [0.1, 0.15) is 0 Å². The Kier molecular flexibility index (Phi) is 7.66. The van der Waals surface area contributed by atoms with Gasteiger partial charge in [0, 0.05) is 6.61 Å². The fourth-order valence-corrected chi connectivity index (χ4v) is 2.01. The molecular formula is C18H34O. The van der Waals surface area contributed by atoms with Crippen LogP contribution in [0.15, 0.2) is 24.3 Å². The van der Waals surface area contributed by atoms with E-state index in [1.54, 1.807) is 0 Å². The zero-order valence-corrected chi connectivity index (χ0v) is 13.9. The average Bonchev–Trinajstić information content (AvgIpc) is 2.37. The molecule has 0 amide bonds. The molecule has 0 aromatic rings. The maximum Gasteiger partial charge on any atom is 0.0431 e. The van der Waals surface area contributed by atoms with Gasteiger partial charge in [-0.25, -0.2) is 0 Å². The Morgan fingerprint density at radius 3 is 2.16 bits per heavy atom. The largest absolute Gasteiger partial charge is 0.396 e. The molecule has 0 aliphatic heterocycles. The van der Waals surface area contributed by atoms with Gasteiger partial charge in [-0.15, -0.1) is 0 Å². The molecule has 0 aromatic carbocycles. The molecular weight excluding hydrogens is 232 g/mol. The number of hydrogen-bond donors (Lipinski definition) is 1. The molecule has 0 radical (unpaired) electrons. The van der Waals surface area contributed by atoms with Crippen molar-refractivity contribution in [2.45, 2.75) is 67.2 Å². The highest BCUT2D eigenvalue weighted by atomic mass is 16.2. The lowest BCUT2D eigenvalue weighted by atomic mass is 9.73. The molecule has 1 atom stereocenters. The second-order valence-electron chi connectivity index (χ2n) is 6.94. The van der Waals surface area contributed by atoms with Gasteiger partial charge in [-0.05, 0) is 41.6 Å². The smallest absolute Gasteiger partial charge is 0.0431 e. The third-order valence-corrected chi connectivity index (χ3v) is 4.87. The molecule has 0 aliphatic carbocycles. The first-order valence-corrected chi connectivity index (χ1v) is 7.69. The molecule has 1 unspecified atom stereocenters. The number of rotatable bonds is 9. The molecule has 0 heterocycles.